The smallest absolute Gasteiger partial charge is 0.130 e. The average molecular weight is 104 g/mol. The van der Waals surface area contributed by atoms with E-state index in [-0.39, 0.29) is 0 Å². The molecule has 0 heterocycles. The SMILES string of the molecule is CN(N)C(C)(N)N. The van der Waals surface area contributed by atoms with Crippen LogP contribution in [0.25, 0.3) is 0 Å². The van der Waals surface area contributed by atoms with E-state index in [4.69, 9.17) is 17.3 Å². The first-order valence-electron chi connectivity index (χ1n) is 2.01. The van der Waals surface area contributed by atoms with Gasteiger partial charge >= 0.3 is 0 Å². The van der Waals surface area contributed by atoms with Crippen LogP contribution in [0.15, 0.2) is 0 Å². The second-order valence-electron chi connectivity index (χ2n) is 1.84. The van der Waals surface area contributed by atoms with Crippen molar-refractivity contribution in [2.75, 3.05) is 7.05 Å². The van der Waals surface area contributed by atoms with E-state index >= 15 is 0 Å². The van der Waals surface area contributed by atoms with Gasteiger partial charge in [-0.25, -0.2) is 5.01 Å². The predicted octanol–water partition coefficient (Wildman–Crippen LogP) is -1.62. The largest absolute Gasteiger partial charge is 0.300 e. The lowest BCUT2D eigenvalue weighted by Crippen LogP contribution is -2.61. The molecular weight excluding hydrogens is 92.1 g/mol. The zero-order valence-corrected chi connectivity index (χ0v) is 4.68. The third-order valence-corrected chi connectivity index (χ3v) is 0.760. The topological polar surface area (TPSA) is 81.3 Å². The van der Waals surface area contributed by atoms with Gasteiger partial charge < -0.3 is 11.5 Å². The van der Waals surface area contributed by atoms with Crippen molar-refractivity contribution < 1.29 is 0 Å². The van der Waals surface area contributed by atoms with Crippen LogP contribution in [0.1, 0.15) is 6.92 Å². The number of nitrogens with two attached hydrogens (primary N) is 3. The van der Waals surface area contributed by atoms with Crippen LogP contribution >= 0.6 is 0 Å². The Bertz CT molecular complexity index is 52.4. The third kappa shape index (κ3) is 2.52. The molecule has 0 saturated heterocycles. The zero-order valence-electron chi connectivity index (χ0n) is 4.68. The normalized spacial score (nSPS) is 12.9. The van der Waals surface area contributed by atoms with Crippen LogP contribution in [0, 0.1) is 0 Å². The highest BCUT2D eigenvalue weighted by atomic mass is 15.5. The molecule has 0 aliphatic carbocycles. The van der Waals surface area contributed by atoms with Gasteiger partial charge in [0.15, 0.2) is 0 Å². The molecule has 0 radical (unpaired) electrons. The summed E-state index contributed by atoms with van der Waals surface area (Å²) < 4.78 is 0. The fraction of sp³-hybridized carbons (Fsp3) is 1.00. The zero-order chi connectivity index (χ0) is 6.08. The van der Waals surface area contributed by atoms with E-state index in [0.717, 1.165) is 0 Å². The van der Waals surface area contributed by atoms with Gasteiger partial charge in [-0.05, 0) is 6.92 Å². The van der Waals surface area contributed by atoms with Crippen LogP contribution < -0.4 is 17.3 Å². The summed E-state index contributed by atoms with van der Waals surface area (Å²) in [6.45, 7) is 1.62. The van der Waals surface area contributed by atoms with Gasteiger partial charge in [-0.3, -0.25) is 5.84 Å². The Morgan fingerprint density at radius 1 is 1.43 bits per heavy atom. The first-order valence-corrected chi connectivity index (χ1v) is 2.01. The number of hydrazine groups is 1. The molecule has 0 aromatic rings. The molecule has 6 N–H and O–H groups in total. The first-order chi connectivity index (χ1) is 2.94. The van der Waals surface area contributed by atoms with E-state index in [2.05, 4.69) is 0 Å². The molecule has 0 amide bonds. The molecule has 0 aliphatic rings. The summed E-state index contributed by atoms with van der Waals surface area (Å²) in [7, 11) is 1.61. The minimum atomic E-state index is -0.889. The number of hydrogen-bond acceptors (Lipinski definition) is 4. The Balaban J connectivity index is 3.54. The maximum Gasteiger partial charge on any atom is 0.130 e. The van der Waals surface area contributed by atoms with Crippen molar-refractivity contribution in [1.29, 1.82) is 0 Å². The van der Waals surface area contributed by atoms with Gasteiger partial charge in [-0.2, -0.15) is 0 Å². The molecule has 0 aliphatic heterocycles. The molecule has 0 aromatic carbocycles. The highest BCUT2D eigenvalue weighted by Crippen LogP contribution is 1.84. The van der Waals surface area contributed by atoms with Crippen LogP contribution in [-0.2, 0) is 0 Å². The van der Waals surface area contributed by atoms with Crippen molar-refractivity contribution in [3.63, 3.8) is 0 Å². The molecule has 4 heteroatoms. The lowest BCUT2D eigenvalue weighted by Gasteiger charge is -2.25. The van der Waals surface area contributed by atoms with Gasteiger partial charge in [0.2, 0.25) is 0 Å². The second-order valence-corrected chi connectivity index (χ2v) is 1.84. The molecular formula is C3H12N4. The monoisotopic (exact) mass is 104 g/mol. The van der Waals surface area contributed by atoms with Crippen molar-refractivity contribution in [2.45, 2.75) is 12.7 Å². The lowest BCUT2D eigenvalue weighted by molar-refractivity contribution is 0.153. The summed E-state index contributed by atoms with van der Waals surface area (Å²) in [5, 5.41) is 1.24. The number of rotatable bonds is 1. The molecule has 4 nitrogen and oxygen atoms in total. The molecule has 0 spiro atoms. The summed E-state index contributed by atoms with van der Waals surface area (Å²) in [5.74, 6) is 4.26. The summed E-state index contributed by atoms with van der Waals surface area (Å²) in [6.07, 6.45) is 0. The summed E-state index contributed by atoms with van der Waals surface area (Å²) in [5.41, 5.74) is 10.5. The summed E-state index contributed by atoms with van der Waals surface area (Å²) in [6, 6.07) is 0. The maximum absolute atomic E-state index is 5.26. The van der Waals surface area contributed by atoms with Gasteiger partial charge in [0.05, 0.1) is 0 Å². The minimum absolute atomic E-state index is 0.889. The van der Waals surface area contributed by atoms with Crippen LogP contribution in [-0.4, -0.2) is 17.8 Å². The summed E-state index contributed by atoms with van der Waals surface area (Å²) in [4.78, 5) is 0. The second kappa shape index (κ2) is 1.75. The van der Waals surface area contributed by atoms with Gasteiger partial charge in [-0.15, -0.1) is 0 Å². The fourth-order valence-corrected chi connectivity index (χ4v) is 0. The molecule has 0 unspecified atom stereocenters. The molecule has 0 atom stereocenters. The Morgan fingerprint density at radius 3 is 1.57 bits per heavy atom. The Labute approximate surface area is 43.2 Å². The van der Waals surface area contributed by atoms with Crippen LogP contribution in [0.3, 0.4) is 0 Å². The third-order valence-electron chi connectivity index (χ3n) is 0.760. The molecule has 0 rings (SSSR count). The Morgan fingerprint density at radius 2 is 1.57 bits per heavy atom. The van der Waals surface area contributed by atoms with E-state index in [1.807, 2.05) is 0 Å². The molecule has 7 heavy (non-hydrogen) atoms. The molecule has 0 saturated carbocycles. The van der Waals surface area contributed by atoms with Crippen molar-refractivity contribution in [2.24, 2.45) is 17.3 Å². The van der Waals surface area contributed by atoms with Crippen molar-refractivity contribution in [3.8, 4) is 0 Å². The lowest BCUT2D eigenvalue weighted by atomic mass is 10.4. The van der Waals surface area contributed by atoms with Crippen LogP contribution in [0.2, 0.25) is 0 Å². The quantitative estimate of drug-likeness (QED) is 0.212. The maximum atomic E-state index is 5.26. The highest BCUT2D eigenvalue weighted by Gasteiger charge is 2.12. The van der Waals surface area contributed by atoms with Gasteiger partial charge in [0.25, 0.3) is 0 Å². The summed E-state index contributed by atoms with van der Waals surface area (Å²) >= 11 is 0. The Kier molecular flexibility index (Phi) is 1.71. The van der Waals surface area contributed by atoms with Gasteiger partial charge in [0.1, 0.15) is 5.79 Å². The van der Waals surface area contributed by atoms with E-state index in [1.54, 1.807) is 14.0 Å². The number of hydrogen-bond donors (Lipinski definition) is 3. The average Bonchev–Trinajstić information content (AvgIpc) is 1.31. The molecule has 0 bridgehead atoms. The van der Waals surface area contributed by atoms with Crippen LogP contribution in [0.5, 0.6) is 0 Å². The predicted molar refractivity (Wildman–Crippen MR) is 28.7 cm³/mol. The number of nitrogens with zero attached hydrogens (tertiary/aromatic N) is 1. The van der Waals surface area contributed by atoms with E-state index in [1.165, 1.54) is 5.01 Å². The van der Waals surface area contributed by atoms with E-state index in [9.17, 15) is 0 Å². The standard InChI is InChI=1S/C3H12N4/c1-3(4,5)7(2)6/h4-6H2,1-2H3. The van der Waals surface area contributed by atoms with Gasteiger partial charge in [0, 0.05) is 7.05 Å². The van der Waals surface area contributed by atoms with Gasteiger partial charge in [-0.1, -0.05) is 0 Å². The molecule has 44 valence electrons. The van der Waals surface area contributed by atoms with E-state index < -0.39 is 5.79 Å². The van der Waals surface area contributed by atoms with Crippen LogP contribution in [0.4, 0.5) is 0 Å². The van der Waals surface area contributed by atoms with Crippen molar-refractivity contribution >= 4 is 0 Å². The minimum Gasteiger partial charge on any atom is -0.300 e. The molecule has 0 fully saturated rings. The fourth-order valence-electron chi connectivity index (χ4n) is 0. The van der Waals surface area contributed by atoms with Crippen molar-refractivity contribution in [3.05, 3.63) is 0 Å². The first kappa shape index (κ1) is 6.84. The van der Waals surface area contributed by atoms with Crippen molar-refractivity contribution in [1.82, 2.24) is 5.01 Å². The Hall–Kier alpha value is -0.160. The molecule has 0 aromatic heterocycles. The highest BCUT2D eigenvalue weighted by molar-refractivity contribution is 4.61. The van der Waals surface area contributed by atoms with E-state index in [0.29, 0.717) is 0 Å².